The summed E-state index contributed by atoms with van der Waals surface area (Å²) < 4.78 is 0. The van der Waals surface area contributed by atoms with Crippen molar-refractivity contribution in [1.29, 1.82) is 0 Å². The fraction of sp³-hybridized carbons (Fsp3) is 0. The largest absolute Gasteiger partial charge is 0.308 e. The maximum absolute atomic E-state index is 11.2. The number of hydrazine groups is 1. The van der Waals surface area contributed by atoms with Crippen LogP contribution in [0.25, 0.3) is 11.0 Å². The molecule has 2 aromatic rings. The molecule has 0 spiro atoms. The highest BCUT2D eigenvalue weighted by Gasteiger charge is 1.96. The van der Waals surface area contributed by atoms with Crippen molar-refractivity contribution in [3.8, 4) is 0 Å². The van der Waals surface area contributed by atoms with Crippen molar-refractivity contribution < 1.29 is 0 Å². The van der Waals surface area contributed by atoms with Crippen LogP contribution in [0.2, 0.25) is 0 Å². The average Bonchev–Trinajstić information content (AvgIpc) is 2.35. The zero-order valence-corrected chi connectivity index (χ0v) is 7.27. The molecule has 0 radical (unpaired) electrons. The van der Waals surface area contributed by atoms with Crippen LogP contribution in [0.4, 0.5) is 5.82 Å². The van der Waals surface area contributed by atoms with Crippen LogP contribution in [0.15, 0.2) is 35.1 Å². The summed E-state index contributed by atoms with van der Waals surface area (Å²) in [6.45, 7) is 0. The number of rotatable bonds is 1. The van der Waals surface area contributed by atoms with Gasteiger partial charge in [0.2, 0.25) is 0 Å². The van der Waals surface area contributed by atoms with Crippen LogP contribution in [0, 0.1) is 0 Å². The number of hydrogen-bond acceptors (Lipinski definition) is 5. The lowest BCUT2D eigenvalue weighted by Gasteiger charge is -1.92. The molecule has 5 nitrogen and oxygen atoms in total. The van der Waals surface area contributed by atoms with Crippen LogP contribution in [0.3, 0.4) is 0 Å². The first-order valence-corrected chi connectivity index (χ1v) is 4.04. The summed E-state index contributed by atoms with van der Waals surface area (Å²) in [4.78, 5) is 19.2. The summed E-state index contributed by atoms with van der Waals surface area (Å²) in [5.41, 5.74) is 3.14. The predicted molar refractivity (Wildman–Crippen MR) is 53.6 cm³/mol. The topological polar surface area (TPSA) is 80.9 Å². The summed E-state index contributed by atoms with van der Waals surface area (Å²) >= 11 is 0. The number of para-hydroxylation sites is 2. The third-order valence-electron chi connectivity index (χ3n) is 1.76. The minimum Gasteiger partial charge on any atom is -0.308 e. The maximum Gasteiger partial charge on any atom is 0.274 e. The maximum atomic E-state index is 11.2. The number of anilines is 1. The molecule has 70 valence electrons. The minimum absolute atomic E-state index is 0.309. The molecule has 1 aromatic heterocycles. The van der Waals surface area contributed by atoms with E-state index in [0.29, 0.717) is 16.9 Å². The van der Waals surface area contributed by atoms with Crippen molar-refractivity contribution in [1.82, 2.24) is 9.97 Å². The lowest BCUT2D eigenvalue weighted by atomic mass is 10.3. The summed E-state index contributed by atoms with van der Waals surface area (Å²) in [5.74, 6) is 5.50. The highest BCUT2D eigenvalue weighted by atomic mass is 16.1. The van der Waals surface area contributed by atoms with E-state index in [4.69, 9.17) is 5.84 Å². The second kappa shape index (κ2) is 3.39. The second-order valence-electron chi connectivity index (χ2n) is 2.72. The first-order chi connectivity index (χ1) is 6.79. The van der Waals surface area contributed by atoms with Crippen LogP contribution >= 0.6 is 0 Å². The Balaban J connectivity index is 2.88. The monoisotopic (exact) mass is 188 g/mol. The molecule has 0 saturated carbocycles. The molecule has 0 saturated heterocycles. The molecule has 0 amide bonds. The zero-order valence-electron chi connectivity index (χ0n) is 7.27. The number of nitrogens with two attached hydrogens (primary N) is 1. The predicted octanol–water partition coefficient (Wildman–Crippen LogP) is 0.276. The molecule has 1 heterocycles. The lowest BCUT2D eigenvalue weighted by molar-refractivity contribution is 1.26. The van der Waals surface area contributed by atoms with Gasteiger partial charge in [0, 0.05) is 6.07 Å². The summed E-state index contributed by atoms with van der Waals surface area (Å²) in [5, 5.41) is 0. The van der Waals surface area contributed by atoms with Gasteiger partial charge in [0.05, 0.1) is 11.0 Å². The Bertz CT molecular complexity index is 526. The van der Waals surface area contributed by atoms with E-state index < -0.39 is 0 Å². The van der Waals surface area contributed by atoms with Crippen LogP contribution in [-0.4, -0.2) is 9.97 Å². The van der Waals surface area contributed by atoms with Crippen molar-refractivity contribution in [2.24, 2.45) is 5.84 Å². The zero-order chi connectivity index (χ0) is 9.97. The van der Waals surface area contributed by atoms with Crippen molar-refractivity contribution in [3.05, 3.63) is 40.7 Å². The summed E-state index contributed by atoms with van der Waals surface area (Å²) in [6.07, 6.45) is 0. The molecular weight excluding hydrogens is 180 g/mol. The van der Waals surface area contributed by atoms with E-state index in [2.05, 4.69) is 15.4 Å². The normalized spacial score (nSPS) is 10.1. The van der Waals surface area contributed by atoms with E-state index in [1.807, 2.05) is 6.07 Å². The van der Waals surface area contributed by atoms with Gasteiger partial charge in [-0.15, -0.1) is 0 Å². The van der Waals surface area contributed by atoms with Gasteiger partial charge >= 0.3 is 0 Å². The fourth-order valence-corrected chi connectivity index (χ4v) is 1.16. The standard InChI is InChI=1S/C9H8N4O/c10-13-8-5-9(14)12-7-4-2-1-3-6(7)11-8/h1-5,13H,10H2. The number of fused-ring (bicyclic) bond motifs is 1. The van der Waals surface area contributed by atoms with E-state index in [1.54, 1.807) is 18.2 Å². The van der Waals surface area contributed by atoms with Gasteiger partial charge in [0.1, 0.15) is 5.82 Å². The highest BCUT2D eigenvalue weighted by Crippen LogP contribution is 2.06. The number of nitrogens with zero attached hydrogens (tertiary/aromatic N) is 2. The molecule has 0 aliphatic rings. The fourth-order valence-electron chi connectivity index (χ4n) is 1.16. The molecule has 0 fully saturated rings. The smallest absolute Gasteiger partial charge is 0.274 e. The van der Waals surface area contributed by atoms with Crippen LogP contribution < -0.4 is 16.8 Å². The van der Waals surface area contributed by atoms with Crippen molar-refractivity contribution in [2.45, 2.75) is 0 Å². The Morgan fingerprint density at radius 3 is 2.43 bits per heavy atom. The van der Waals surface area contributed by atoms with E-state index in [-0.39, 0.29) is 5.56 Å². The Morgan fingerprint density at radius 1 is 1.14 bits per heavy atom. The Morgan fingerprint density at radius 2 is 1.79 bits per heavy atom. The molecule has 0 aliphatic heterocycles. The number of benzene rings is 1. The minimum atomic E-state index is -0.369. The summed E-state index contributed by atoms with van der Waals surface area (Å²) in [6, 6.07) is 8.36. The third kappa shape index (κ3) is 1.53. The molecule has 14 heavy (non-hydrogen) atoms. The van der Waals surface area contributed by atoms with E-state index in [1.165, 1.54) is 6.07 Å². The van der Waals surface area contributed by atoms with E-state index in [0.717, 1.165) is 0 Å². The van der Waals surface area contributed by atoms with Gasteiger partial charge in [-0.1, -0.05) is 12.1 Å². The molecule has 3 N–H and O–H groups in total. The van der Waals surface area contributed by atoms with Crippen LogP contribution in [0.5, 0.6) is 0 Å². The summed E-state index contributed by atoms with van der Waals surface area (Å²) in [7, 11) is 0. The van der Waals surface area contributed by atoms with Crippen molar-refractivity contribution >= 4 is 16.9 Å². The van der Waals surface area contributed by atoms with Gasteiger partial charge in [0.15, 0.2) is 0 Å². The average molecular weight is 188 g/mol. The molecule has 0 aliphatic carbocycles. The van der Waals surface area contributed by atoms with Gasteiger partial charge in [-0.25, -0.2) is 15.8 Å². The van der Waals surface area contributed by atoms with Crippen molar-refractivity contribution in [2.75, 3.05) is 5.43 Å². The van der Waals surface area contributed by atoms with Crippen molar-refractivity contribution in [3.63, 3.8) is 0 Å². The second-order valence-corrected chi connectivity index (χ2v) is 2.72. The number of aromatic nitrogens is 2. The van der Waals surface area contributed by atoms with Crippen LogP contribution in [0.1, 0.15) is 0 Å². The van der Waals surface area contributed by atoms with Crippen LogP contribution in [-0.2, 0) is 0 Å². The number of hydrogen-bond donors (Lipinski definition) is 2. The Labute approximate surface area is 79.6 Å². The Hall–Kier alpha value is -2.01. The molecular formula is C9H8N4O. The van der Waals surface area contributed by atoms with Gasteiger partial charge in [0.25, 0.3) is 5.56 Å². The van der Waals surface area contributed by atoms with Gasteiger partial charge in [-0.2, -0.15) is 0 Å². The quantitative estimate of drug-likeness (QED) is 0.496. The highest BCUT2D eigenvalue weighted by molar-refractivity contribution is 5.74. The molecule has 0 unspecified atom stereocenters. The molecule has 0 atom stereocenters. The third-order valence-corrected chi connectivity index (χ3v) is 1.76. The van der Waals surface area contributed by atoms with Gasteiger partial charge in [-0.05, 0) is 12.1 Å². The first-order valence-electron chi connectivity index (χ1n) is 4.04. The van der Waals surface area contributed by atoms with Gasteiger partial charge in [-0.3, -0.25) is 4.79 Å². The number of nitrogen functional groups attached to an aromatic ring is 1. The molecule has 5 heteroatoms. The Kier molecular flexibility index (Phi) is 2.08. The molecule has 2 rings (SSSR count). The lowest BCUT2D eigenvalue weighted by Crippen LogP contribution is -2.09. The molecule has 1 aromatic carbocycles. The SMILES string of the molecule is NNc1cc(=O)nc2ccccc2n1. The molecule has 0 bridgehead atoms. The van der Waals surface area contributed by atoms with Gasteiger partial charge < -0.3 is 5.43 Å². The van der Waals surface area contributed by atoms with E-state index >= 15 is 0 Å². The number of nitrogens with one attached hydrogen (secondary N) is 1. The first kappa shape index (κ1) is 8.58. The van der Waals surface area contributed by atoms with E-state index in [9.17, 15) is 4.79 Å².